The molecule has 1 atom stereocenters. The Morgan fingerprint density at radius 2 is 2.08 bits per heavy atom. The molecule has 1 aromatic carbocycles. The van der Waals surface area contributed by atoms with Gasteiger partial charge in [0.1, 0.15) is 24.7 Å². The van der Waals surface area contributed by atoms with Crippen LogP contribution in [0.2, 0.25) is 0 Å². The number of aromatic nitrogens is 3. The highest BCUT2D eigenvalue weighted by atomic mass is 16.5. The average molecular weight is 358 g/mol. The summed E-state index contributed by atoms with van der Waals surface area (Å²) in [6, 6.07) is 8.00. The van der Waals surface area contributed by atoms with Crippen molar-refractivity contribution in [3.63, 3.8) is 0 Å². The number of carboxylic acids is 1. The van der Waals surface area contributed by atoms with Gasteiger partial charge in [0.15, 0.2) is 5.82 Å². The first-order valence-electron chi connectivity index (χ1n) is 8.92. The van der Waals surface area contributed by atoms with Gasteiger partial charge < -0.3 is 15.2 Å². The van der Waals surface area contributed by atoms with Crippen LogP contribution in [0, 0.1) is 0 Å². The molecule has 1 aliphatic rings. The molecule has 1 aromatic heterocycles. The molecule has 7 nitrogen and oxygen atoms in total. The quantitative estimate of drug-likeness (QED) is 0.824. The minimum absolute atomic E-state index is 0.0971. The summed E-state index contributed by atoms with van der Waals surface area (Å²) in [5.41, 5.74) is 1.34. The van der Waals surface area contributed by atoms with Gasteiger partial charge in [0.25, 0.3) is 0 Å². The van der Waals surface area contributed by atoms with E-state index in [1.54, 1.807) is 0 Å². The Labute approximate surface area is 153 Å². The fourth-order valence-corrected chi connectivity index (χ4v) is 3.08. The van der Waals surface area contributed by atoms with E-state index in [9.17, 15) is 4.79 Å². The third kappa shape index (κ3) is 4.40. The molecular weight excluding hydrogens is 332 g/mol. The Kier molecular flexibility index (Phi) is 5.27. The maximum atomic E-state index is 11.1. The second kappa shape index (κ2) is 7.45. The highest BCUT2D eigenvalue weighted by Crippen LogP contribution is 2.25. The van der Waals surface area contributed by atoms with E-state index in [1.807, 2.05) is 12.1 Å². The van der Waals surface area contributed by atoms with Gasteiger partial charge >= 0.3 is 5.97 Å². The maximum Gasteiger partial charge on any atom is 0.325 e. The lowest BCUT2D eigenvalue weighted by Crippen LogP contribution is -2.17. The maximum absolute atomic E-state index is 11.1. The summed E-state index contributed by atoms with van der Waals surface area (Å²) in [7, 11) is 0. The van der Waals surface area contributed by atoms with E-state index in [0.717, 1.165) is 31.1 Å². The van der Waals surface area contributed by atoms with E-state index in [4.69, 9.17) is 9.84 Å². The fraction of sp³-hybridized carbons (Fsp3) is 0.526. The van der Waals surface area contributed by atoms with Crippen molar-refractivity contribution in [2.45, 2.75) is 51.7 Å². The van der Waals surface area contributed by atoms with Gasteiger partial charge in [-0.15, -0.1) is 0 Å². The Balaban J connectivity index is 1.70. The summed E-state index contributed by atoms with van der Waals surface area (Å²) in [6.45, 7) is 8.25. The number of rotatable bonds is 6. The smallest absolute Gasteiger partial charge is 0.325 e. The first-order valence-corrected chi connectivity index (χ1v) is 8.92. The lowest BCUT2D eigenvalue weighted by atomic mass is 9.87. The number of hydrogen-bond donors (Lipinski definition) is 2. The topological polar surface area (TPSA) is 89.3 Å². The zero-order valence-electron chi connectivity index (χ0n) is 15.5. The molecule has 3 rings (SSSR count). The highest BCUT2D eigenvalue weighted by molar-refractivity contribution is 5.66. The summed E-state index contributed by atoms with van der Waals surface area (Å²) in [5.74, 6) is 1.25. The van der Waals surface area contributed by atoms with Crippen molar-refractivity contribution in [3.8, 4) is 5.75 Å². The zero-order chi connectivity index (χ0) is 18.7. The Bertz CT molecular complexity index is 756. The van der Waals surface area contributed by atoms with Crippen LogP contribution in [0.15, 0.2) is 24.3 Å². The normalized spacial score (nSPS) is 17.4. The summed E-state index contributed by atoms with van der Waals surface area (Å²) >= 11 is 0. The van der Waals surface area contributed by atoms with E-state index in [1.165, 1.54) is 10.2 Å². The Morgan fingerprint density at radius 3 is 2.65 bits per heavy atom. The van der Waals surface area contributed by atoms with Crippen LogP contribution in [0.25, 0.3) is 0 Å². The number of carbonyl (C=O) groups is 1. The number of aliphatic carboxylic acids is 1. The van der Waals surface area contributed by atoms with Gasteiger partial charge in [-0.1, -0.05) is 32.9 Å². The van der Waals surface area contributed by atoms with Crippen molar-refractivity contribution < 1.29 is 14.6 Å². The average Bonchev–Trinajstić information content (AvgIpc) is 3.21. The highest BCUT2D eigenvalue weighted by Gasteiger charge is 2.24. The molecule has 1 aliphatic heterocycles. The molecule has 0 unspecified atom stereocenters. The standard InChI is InChI=1S/C19H26N4O3/c1-19(2,3)14-4-6-15(7-5-14)26-12-16-21-18(13-8-9-20-10-13)23(22-16)11-17(24)25/h4-7,13,20H,8-12H2,1-3H3,(H,24,25)/t13-/m0/s1. The lowest BCUT2D eigenvalue weighted by molar-refractivity contribution is -0.137. The van der Waals surface area contributed by atoms with Crippen molar-refractivity contribution in [2.75, 3.05) is 13.1 Å². The van der Waals surface area contributed by atoms with Gasteiger partial charge in [-0.05, 0) is 36.1 Å². The molecule has 26 heavy (non-hydrogen) atoms. The van der Waals surface area contributed by atoms with Gasteiger partial charge in [-0.2, -0.15) is 5.10 Å². The first kappa shape index (κ1) is 18.4. The molecule has 0 spiro atoms. The Hall–Kier alpha value is -2.41. The molecule has 0 saturated carbocycles. The SMILES string of the molecule is CC(C)(C)c1ccc(OCc2nc([C@H]3CCNC3)n(CC(=O)O)n2)cc1. The van der Waals surface area contributed by atoms with Crippen molar-refractivity contribution in [2.24, 2.45) is 0 Å². The van der Waals surface area contributed by atoms with E-state index in [-0.39, 0.29) is 24.5 Å². The van der Waals surface area contributed by atoms with E-state index >= 15 is 0 Å². The van der Waals surface area contributed by atoms with Gasteiger partial charge in [-0.3, -0.25) is 4.79 Å². The summed E-state index contributed by atoms with van der Waals surface area (Å²) in [6.07, 6.45) is 0.937. The molecule has 140 valence electrons. The molecule has 2 aromatic rings. The molecule has 2 heterocycles. The molecular formula is C19H26N4O3. The molecule has 2 N–H and O–H groups in total. The molecule has 0 aliphatic carbocycles. The summed E-state index contributed by atoms with van der Waals surface area (Å²) in [4.78, 5) is 15.6. The van der Waals surface area contributed by atoms with Crippen LogP contribution in [-0.4, -0.2) is 38.9 Å². The van der Waals surface area contributed by atoms with Crippen molar-refractivity contribution in [1.82, 2.24) is 20.1 Å². The summed E-state index contributed by atoms with van der Waals surface area (Å²) < 4.78 is 7.28. The van der Waals surface area contributed by atoms with E-state index < -0.39 is 5.97 Å². The molecule has 0 radical (unpaired) electrons. The molecule has 1 saturated heterocycles. The number of nitrogens with one attached hydrogen (secondary N) is 1. The number of nitrogens with zero attached hydrogens (tertiary/aromatic N) is 3. The van der Waals surface area contributed by atoms with Crippen LogP contribution >= 0.6 is 0 Å². The van der Waals surface area contributed by atoms with Gasteiger partial charge in [0.2, 0.25) is 0 Å². The van der Waals surface area contributed by atoms with Crippen LogP contribution in [0.4, 0.5) is 0 Å². The largest absolute Gasteiger partial charge is 0.486 e. The minimum Gasteiger partial charge on any atom is -0.486 e. The number of hydrogen-bond acceptors (Lipinski definition) is 5. The number of ether oxygens (including phenoxy) is 1. The van der Waals surface area contributed by atoms with Crippen LogP contribution in [-0.2, 0) is 23.4 Å². The van der Waals surface area contributed by atoms with Crippen LogP contribution in [0.3, 0.4) is 0 Å². The van der Waals surface area contributed by atoms with Crippen molar-refractivity contribution in [1.29, 1.82) is 0 Å². The van der Waals surface area contributed by atoms with Gasteiger partial charge in [0.05, 0.1) is 0 Å². The van der Waals surface area contributed by atoms with Crippen molar-refractivity contribution in [3.05, 3.63) is 41.5 Å². The van der Waals surface area contributed by atoms with Crippen LogP contribution < -0.4 is 10.1 Å². The molecule has 1 fully saturated rings. The van der Waals surface area contributed by atoms with E-state index in [2.05, 4.69) is 48.3 Å². The zero-order valence-corrected chi connectivity index (χ0v) is 15.5. The van der Waals surface area contributed by atoms with E-state index in [0.29, 0.717) is 5.82 Å². The first-order chi connectivity index (χ1) is 12.3. The predicted molar refractivity (Wildman–Crippen MR) is 97.4 cm³/mol. The fourth-order valence-electron chi connectivity index (χ4n) is 3.08. The third-order valence-electron chi connectivity index (χ3n) is 4.54. The Morgan fingerprint density at radius 1 is 1.35 bits per heavy atom. The third-order valence-corrected chi connectivity index (χ3v) is 4.54. The summed E-state index contributed by atoms with van der Waals surface area (Å²) in [5, 5.41) is 16.7. The molecule has 7 heteroatoms. The number of benzene rings is 1. The van der Waals surface area contributed by atoms with Crippen LogP contribution in [0.1, 0.15) is 50.3 Å². The predicted octanol–water partition coefficient (Wildman–Crippen LogP) is 2.32. The second-order valence-electron chi connectivity index (χ2n) is 7.69. The lowest BCUT2D eigenvalue weighted by Gasteiger charge is -2.19. The van der Waals surface area contributed by atoms with Gasteiger partial charge in [-0.25, -0.2) is 9.67 Å². The van der Waals surface area contributed by atoms with Crippen LogP contribution in [0.5, 0.6) is 5.75 Å². The minimum atomic E-state index is -0.924. The van der Waals surface area contributed by atoms with Gasteiger partial charge in [0, 0.05) is 12.5 Å². The van der Waals surface area contributed by atoms with Crippen molar-refractivity contribution >= 4 is 5.97 Å². The monoisotopic (exact) mass is 358 g/mol. The molecule has 0 amide bonds. The second-order valence-corrected chi connectivity index (χ2v) is 7.69. The molecule has 0 bridgehead atoms. The number of carboxylic acid groups (broad SMARTS) is 1.